The summed E-state index contributed by atoms with van der Waals surface area (Å²) in [5, 5.41) is 10.9. The van der Waals surface area contributed by atoms with Crippen LogP contribution in [0.15, 0.2) is 22.6 Å². The van der Waals surface area contributed by atoms with E-state index in [4.69, 9.17) is 9.52 Å². The summed E-state index contributed by atoms with van der Waals surface area (Å²) in [6.07, 6.45) is 2.86. The lowest BCUT2D eigenvalue weighted by atomic mass is 10.2. The molecule has 1 amide bonds. The lowest BCUT2D eigenvalue weighted by Gasteiger charge is -1.95. The lowest BCUT2D eigenvalue weighted by Crippen LogP contribution is -2.17. The van der Waals surface area contributed by atoms with Crippen molar-refractivity contribution >= 4 is 11.9 Å². The van der Waals surface area contributed by atoms with Gasteiger partial charge in [0.1, 0.15) is 5.76 Å². The molecule has 1 aromatic rings. The zero-order valence-corrected chi connectivity index (χ0v) is 9.11. The third kappa shape index (κ3) is 2.98. The summed E-state index contributed by atoms with van der Waals surface area (Å²) in [4.78, 5) is 21.5. The molecule has 5 nitrogen and oxygen atoms in total. The van der Waals surface area contributed by atoms with Crippen molar-refractivity contribution in [3.05, 3.63) is 35.3 Å². The van der Waals surface area contributed by atoms with Crippen LogP contribution >= 0.6 is 0 Å². The van der Waals surface area contributed by atoms with Gasteiger partial charge >= 0.3 is 5.97 Å². The highest BCUT2D eigenvalue weighted by Gasteiger charge is 2.13. The normalized spacial score (nSPS) is 10.6. The highest BCUT2D eigenvalue weighted by molar-refractivity contribution is 5.92. The Bertz CT molecular complexity index is 431. The second-order valence-electron chi connectivity index (χ2n) is 3.25. The third-order valence-corrected chi connectivity index (χ3v) is 1.98. The fourth-order valence-electron chi connectivity index (χ4n) is 1.26. The first-order valence-electron chi connectivity index (χ1n) is 4.75. The number of allylic oxidation sites excluding steroid dienone is 1. The number of nitrogens with one attached hydrogen (secondary N) is 1. The summed E-state index contributed by atoms with van der Waals surface area (Å²) < 4.78 is 5.29. The smallest absolute Gasteiger partial charge is 0.327 e. The average Bonchev–Trinajstić information content (AvgIpc) is 2.58. The highest BCUT2D eigenvalue weighted by Crippen LogP contribution is 2.15. The van der Waals surface area contributed by atoms with Crippen molar-refractivity contribution in [2.45, 2.75) is 13.3 Å². The molecule has 0 saturated carbocycles. The Labute approximate surface area is 92.8 Å². The van der Waals surface area contributed by atoms with Crippen molar-refractivity contribution in [3.8, 4) is 0 Å². The molecular weight excluding hydrogens is 210 g/mol. The SMILES string of the molecule is CNC(=O)c1oc(C/C=C/C(=O)O)cc1C. The largest absolute Gasteiger partial charge is 0.478 e. The van der Waals surface area contributed by atoms with Gasteiger partial charge in [0.2, 0.25) is 0 Å². The van der Waals surface area contributed by atoms with Crippen molar-refractivity contribution < 1.29 is 19.1 Å². The Morgan fingerprint density at radius 2 is 2.25 bits per heavy atom. The molecule has 0 aromatic carbocycles. The van der Waals surface area contributed by atoms with Gasteiger partial charge in [-0.2, -0.15) is 0 Å². The predicted octanol–water partition coefficient (Wildman–Crippen LogP) is 1.13. The van der Waals surface area contributed by atoms with E-state index in [0.29, 0.717) is 12.2 Å². The molecule has 0 aliphatic carbocycles. The van der Waals surface area contributed by atoms with Crippen LogP contribution in [0.25, 0.3) is 0 Å². The summed E-state index contributed by atoms with van der Waals surface area (Å²) >= 11 is 0. The molecule has 0 aliphatic heterocycles. The summed E-state index contributed by atoms with van der Waals surface area (Å²) in [6, 6.07) is 1.72. The van der Waals surface area contributed by atoms with E-state index < -0.39 is 5.97 Å². The number of hydrogen-bond donors (Lipinski definition) is 2. The number of hydrogen-bond acceptors (Lipinski definition) is 3. The van der Waals surface area contributed by atoms with Crippen molar-refractivity contribution in [2.24, 2.45) is 0 Å². The van der Waals surface area contributed by atoms with Gasteiger partial charge in [-0.3, -0.25) is 4.79 Å². The van der Waals surface area contributed by atoms with Crippen LogP contribution < -0.4 is 5.32 Å². The van der Waals surface area contributed by atoms with E-state index >= 15 is 0 Å². The number of aryl methyl sites for hydroxylation is 1. The second-order valence-corrected chi connectivity index (χ2v) is 3.25. The van der Waals surface area contributed by atoms with E-state index in [9.17, 15) is 9.59 Å². The van der Waals surface area contributed by atoms with Gasteiger partial charge in [0.15, 0.2) is 5.76 Å². The third-order valence-electron chi connectivity index (χ3n) is 1.98. The number of furan rings is 1. The van der Waals surface area contributed by atoms with Crippen LogP contribution in [-0.2, 0) is 11.2 Å². The van der Waals surface area contributed by atoms with Gasteiger partial charge in [-0.1, -0.05) is 6.08 Å². The first-order valence-corrected chi connectivity index (χ1v) is 4.75. The maximum Gasteiger partial charge on any atom is 0.327 e. The molecule has 0 radical (unpaired) electrons. The molecule has 86 valence electrons. The average molecular weight is 223 g/mol. The summed E-state index contributed by atoms with van der Waals surface area (Å²) in [5.74, 6) is -0.462. The molecule has 1 heterocycles. The Morgan fingerprint density at radius 3 is 2.81 bits per heavy atom. The van der Waals surface area contributed by atoms with Crippen molar-refractivity contribution in [3.63, 3.8) is 0 Å². The first-order chi connectivity index (χ1) is 7.54. The van der Waals surface area contributed by atoms with Crippen molar-refractivity contribution in [1.29, 1.82) is 0 Å². The minimum absolute atomic E-state index is 0.265. The number of amides is 1. The molecule has 0 bridgehead atoms. The van der Waals surface area contributed by atoms with E-state index in [-0.39, 0.29) is 11.7 Å². The van der Waals surface area contributed by atoms with Crippen LogP contribution in [0.1, 0.15) is 21.9 Å². The fraction of sp³-hybridized carbons (Fsp3) is 0.273. The minimum atomic E-state index is -1.00. The van der Waals surface area contributed by atoms with Gasteiger partial charge < -0.3 is 14.8 Å². The first kappa shape index (κ1) is 12.0. The van der Waals surface area contributed by atoms with Gasteiger partial charge in [0.25, 0.3) is 5.91 Å². The maximum atomic E-state index is 11.3. The number of carbonyl (C=O) groups is 2. The molecule has 16 heavy (non-hydrogen) atoms. The summed E-state index contributed by atoms with van der Waals surface area (Å²) in [7, 11) is 1.52. The molecule has 1 aromatic heterocycles. The Morgan fingerprint density at radius 1 is 1.56 bits per heavy atom. The number of carbonyl (C=O) groups excluding carboxylic acids is 1. The summed E-state index contributed by atoms with van der Waals surface area (Å²) in [6.45, 7) is 1.76. The van der Waals surface area contributed by atoms with E-state index in [1.165, 1.54) is 13.1 Å². The van der Waals surface area contributed by atoms with Crippen LogP contribution in [0.3, 0.4) is 0 Å². The highest BCUT2D eigenvalue weighted by atomic mass is 16.4. The number of aliphatic carboxylic acids is 1. The maximum absolute atomic E-state index is 11.3. The van der Waals surface area contributed by atoms with E-state index in [2.05, 4.69) is 5.32 Å². The molecular formula is C11H13NO4. The molecule has 2 N–H and O–H groups in total. The summed E-state index contributed by atoms with van der Waals surface area (Å²) in [5.41, 5.74) is 0.734. The predicted molar refractivity (Wildman–Crippen MR) is 57.3 cm³/mol. The van der Waals surface area contributed by atoms with Gasteiger partial charge in [0.05, 0.1) is 0 Å². The molecule has 5 heteroatoms. The van der Waals surface area contributed by atoms with E-state index in [1.807, 2.05) is 0 Å². The van der Waals surface area contributed by atoms with E-state index in [0.717, 1.165) is 11.6 Å². The van der Waals surface area contributed by atoms with Crippen LogP contribution in [0.5, 0.6) is 0 Å². The molecule has 0 aliphatic rings. The van der Waals surface area contributed by atoms with Crippen LogP contribution in [0.2, 0.25) is 0 Å². The zero-order chi connectivity index (χ0) is 12.1. The van der Waals surface area contributed by atoms with Crippen LogP contribution in [0, 0.1) is 6.92 Å². The molecule has 0 atom stereocenters. The van der Waals surface area contributed by atoms with Crippen molar-refractivity contribution in [2.75, 3.05) is 7.05 Å². The van der Waals surface area contributed by atoms with Gasteiger partial charge in [-0.25, -0.2) is 4.79 Å². The minimum Gasteiger partial charge on any atom is -0.478 e. The fourth-order valence-corrected chi connectivity index (χ4v) is 1.26. The monoisotopic (exact) mass is 223 g/mol. The van der Waals surface area contributed by atoms with Crippen LogP contribution in [0.4, 0.5) is 0 Å². The molecule has 0 fully saturated rings. The Balaban J connectivity index is 2.77. The Kier molecular flexibility index (Phi) is 3.88. The standard InChI is InChI=1S/C11H13NO4/c1-7-6-8(4-3-5-9(13)14)16-10(7)11(15)12-2/h3,5-6H,4H2,1-2H3,(H,12,15)(H,13,14)/b5-3+. The molecule has 0 spiro atoms. The van der Waals surface area contributed by atoms with Gasteiger partial charge in [0, 0.05) is 25.1 Å². The zero-order valence-electron chi connectivity index (χ0n) is 9.11. The van der Waals surface area contributed by atoms with Crippen molar-refractivity contribution in [1.82, 2.24) is 5.32 Å². The number of carboxylic acids is 1. The van der Waals surface area contributed by atoms with Gasteiger partial charge in [-0.15, -0.1) is 0 Å². The lowest BCUT2D eigenvalue weighted by molar-refractivity contribution is -0.131. The van der Waals surface area contributed by atoms with E-state index in [1.54, 1.807) is 13.0 Å². The topological polar surface area (TPSA) is 79.5 Å². The van der Waals surface area contributed by atoms with Gasteiger partial charge in [-0.05, 0) is 13.0 Å². The number of carboxylic acid groups (broad SMARTS) is 1. The second kappa shape index (κ2) is 5.16. The molecule has 1 rings (SSSR count). The molecule has 0 saturated heterocycles. The Hall–Kier alpha value is -2.04. The number of rotatable bonds is 4. The van der Waals surface area contributed by atoms with Crippen LogP contribution in [-0.4, -0.2) is 24.0 Å². The molecule has 0 unspecified atom stereocenters. The quantitative estimate of drug-likeness (QED) is 0.750.